The Bertz CT molecular complexity index is 1120. The van der Waals surface area contributed by atoms with Crippen LogP contribution in [-0.2, 0) is 25.5 Å². The van der Waals surface area contributed by atoms with Crippen LogP contribution < -0.4 is 5.32 Å². The Morgan fingerprint density at radius 1 is 0.939 bits per heavy atom. The van der Waals surface area contributed by atoms with Gasteiger partial charge in [-0.05, 0) is 42.5 Å². The smallest absolute Gasteiger partial charge is 0.253 e. The van der Waals surface area contributed by atoms with Crippen LogP contribution in [0, 0.1) is 11.8 Å². The van der Waals surface area contributed by atoms with Gasteiger partial charge in [0.1, 0.15) is 6.61 Å². The van der Waals surface area contributed by atoms with Gasteiger partial charge >= 0.3 is 0 Å². The van der Waals surface area contributed by atoms with Crippen LogP contribution in [-0.4, -0.2) is 42.3 Å². The Hall–Kier alpha value is -3.69. The van der Waals surface area contributed by atoms with Crippen molar-refractivity contribution in [3.63, 3.8) is 0 Å². The van der Waals surface area contributed by atoms with E-state index < -0.39 is 0 Å². The van der Waals surface area contributed by atoms with Gasteiger partial charge in [0, 0.05) is 42.8 Å². The summed E-state index contributed by atoms with van der Waals surface area (Å²) in [5.74, 6) is 5.81. The molecule has 0 saturated heterocycles. The van der Waals surface area contributed by atoms with Crippen LogP contribution >= 0.6 is 0 Å². The van der Waals surface area contributed by atoms with Gasteiger partial charge in [-0.15, -0.1) is 0 Å². The lowest BCUT2D eigenvalue weighted by Crippen LogP contribution is -2.31. The molecular formula is C27H26N2O4. The van der Waals surface area contributed by atoms with Crippen LogP contribution in [0.3, 0.4) is 0 Å². The summed E-state index contributed by atoms with van der Waals surface area (Å²) in [4.78, 5) is 36.6. The Balaban J connectivity index is 1.24. The van der Waals surface area contributed by atoms with Crippen molar-refractivity contribution in [1.82, 2.24) is 10.2 Å². The van der Waals surface area contributed by atoms with E-state index in [0.717, 1.165) is 35.1 Å². The fourth-order valence-corrected chi connectivity index (χ4v) is 3.98. The van der Waals surface area contributed by atoms with Crippen molar-refractivity contribution in [3.8, 4) is 11.8 Å². The molecule has 2 aromatic carbocycles. The van der Waals surface area contributed by atoms with Crippen molar-refractivity contribution < 1.29 is 19.1 Å². The quantitative estimate of drug-likeness (QED) is 0.368. The van der Waals surface area contributed by atoms with E-state index in [1.165, 1.54) is 17.1 Å². The molecular weight excluding hydrogens is 416 g/mol. The van der Waals surface area contributed by atoms with E-state index in [-0.39, 0.29) is 30.4 Å². The van der Waals surface area contributed by atoms with E-state index in [1.807, 2.05) is 48.5 Å². The molecule has 0 bridgehead atoms. The minimum Gasteiger partial charge on any atom is -0.363 e. The normalized spacial score (nSPS) is 16.4. The molecule has 33 heavy (non-hydrogen) atoms. The van der Waals surface area contributed by atoms with E-state index in [4.69, 9.17) is 4.74 Å². The minimum atomic E-state index is -0.258. The van der Waals surface area contributed by atoms with E-state index >= 15 is 0 Å². The molecule has 1 heterocycles. The SMILES string of the molecule is O=C(COC1Cc2ccccc2C#Cc2ccccc21)NCCCCCN1C(=O)C=CC1=O. The van der Waals surface area contributed by atoms with Crippen molar-refractivity contribution in [2.75, 3.05) is 19.7 Å². The van der Waals surface area contributed by atoms with Gasteiger partial charge in [0.15, 0.2) is 0 Å². The van der Waals surface area contributed by atoms with Crippen LogP contribution in [0.2, 0.25) is 0 Å². The molecule has 6 heteroatoms. The number of unbranched alkanes of at least 4 members (excludes halogenated alkanes) is 2. The molecule has 0 aromatic heterocycles. The summed E-state index contributed by atoms with van der Waals surface area (Å²) >= 11 is 0. The average molecular weight is 443 g/mol. The number of benzene rings is 2. The van der Waals surface area contributed by atoms with E-state index in [2.05, 4.69) is 17.2 Å². The molecule has 1 aliphatic carbocycles. The van der Waals surface area contributed by atoms with E-state index in [9.17, 15) is 14.4 Å². The molecule has 1 N–H and O–H groups in total. The first-order valence-electron chi connectivity index (χ1n) is 11.2. The molecule has 0 fully saturated rings. The highest BCUT2D eigenvalue weighted by Gasteiger charge is 2.22. The van der Waals surface area contributed by atoms with E-state index in [0.29, 0.717) is 25.9 Å². The first kappa shape index (κ1) is 22.5. The summed E-state index contributed by atoms with van der Waals surface area (Å²) in [6.07, 6.45) is 5.27. The van der Waals surface area contributed by atoms with Gasteiger partial charge in [-0.2, -0.15) is 0 Å². The number of nitrogens with one attached hydrogen (secondary N) is 1. The van der Waals surface area contributed by atoms with Crippen LogP contribution in [0.25, 0.3) is 0 Å². The van der Waals surface area contributed by atoms with Crippen LogP contribution in [0.4, 0.5) is 0 Å². The summed E-state index contributed by atoms with van der Waals surface area (Å²) in [6, 6.07) is 15.9. The van der Waals surface area contributed by atoms with Gasteiger partial charge in [-0.3, -0.25) is 19.3 Å². The molecule has 2 aliphatic rings. The van der Waals surface area contributed by atoms with Gasteiger partial charge in [0.05, 0.1) is 6.10 Å². The highest BCUT2D eigenvalue weighted by Crippen LogP contribution is 2.28. The highest BCUT2D eigenvalue weighted by atomic mass is 16.5. The molecule has 1 aliphatic heterocycles. The lowest BCUT2D eigenvalue weighted by atomic mass is 9.92. The molecule has 6 nitrogen and oxygen atoms in total. The molecule has 0 saturated carbocycles. The van der Waals surface area contributed by atoms with Crippen molar-refractivity contribution in [3.05, 3.63) is 82.9 Å². The first-order valence-corrected chi connectivity index (χ1v) is 11.2. The molecule has 3 amide bonds. The second-order valence-electron chi connectivity index (χ2n) is 8.07. The monoisotopic (exact) mass is 442 g/mol. The number of amides is 3. The number of hydrogen-bond acceptors (Lipinski definition) is 4. The molecule has 0 spiro atoms. The van der Waals surface area contributed by atoms with Crippen LogP contribution in [0.1, 0.15) is 47.6 Å². The fraction of sp³-hybridized carbons (Fsp3) is 0.296. The Morgan fingerprint density at radius 2 is 1.64 bits per heavy atom. The molecule has 2 aromatic rings. The third kappa shape index (κ3) is 5.76. The van der Waals surface area contributed by atoms with Crippen molar-refractivity contribution in [2.45, 2.75) is 31.8 Å². The van der Waals surface area contributed by atoms with Gasteiger partial charge in [-0.25, -0.2) is 0 Å². The highest BCUT2D eigenvalue weighted by molar-refractivity contribution is 6.12. The lowest BCUT2D eigenvalue weighted by Gasteiger charge is -2.21. The topological polar surface area (TPSA) is 75.7 Å². The summed E-state index contributed by atoms with van der Waals surface area (Å²) in [5.41, 5.74) is 4.00. The Morgan fingerprint density at radius 3 is 2.45 bits per heavy atom. The standard InChI is InChI=1S/C27H26N2O4/c30-25(28-16-6-1-7-17-29-26(31)14-15-27(29)32)19-33-24-18-22-10-3-2-8-20(22)12-13-21-9-4-5-11-23(21)24/h2-5,8-11,14-15,24H,1,6-7,16-19H2,(H,28,30). The maximum absolute atomic E-state index is 12.4. The van der Waals surface area contributed by atoms with Crippen molar-refractivity contribution in [1.29, 1.82) is 0 Å². The number of fused-ring (bicyclic) bond motifs is 2. The summed E-state index contributed by atoms with van der Waals surface area (Å²) in [5, 5.41) is 2.89. The Labute approximate surface area is 193 Å². The zero-order valence-electron chi connectivity index (χ0n) is 18.4. The summed E-state index contributed by atoms with van der Waals surface area (Å²) < 4.78 is 6.06. The molecule has 4 rings (SSSR count). The number of carbonyl (C=O) groups is 3. The summed E-state index contributed by atoms with van der Waals surface area (Å²) in [6.45, 7) is 0.905. The van der Waals surface area contributed by atoms with Gasteiger partial charge in [-0.1, -0.05) is 48.2 Å². The van der Waals surface area contributed by atoms with Crippen molar-refractivity contribution >= 4 is 17.7 Å². The third-order valence-electron chi connectivity index (χ3n) is 5.76. The second-order valence-corrected chi connectivity index (χ2v) is 8.07. The van der Waals surface area contributed by atoms with Gasteiger partial charge in [0.2, 0.25) is 5.91 Å². The number of hydrogen-bond donors (Lipinski definition) is 1. The third-order valence-corrected chi connectivity index (χ3v) is 5.76. The van der Waals surface area contributed by atoms with Gasteiger partial charge in [0.25, 0.3) is 11.8 Å². The number of rotatable bonds is 9. The average Bonchev–Trinajstić information content (AvgIpc) is 3.14. The maximum atomic E-state index is 12.4. The predicted molar refractivity (Wildman–Crippen MR) is 124 cm³/mol. The predicted octanol–water partition coefficient (Wildman–Crippen LogP) is 2.91. The largest absolute Gasteiger partial charge is 0.363 e. The van der Waals surface area contributed by atoms with Crippen molar-refractivity contribution in [2.24, 2.45) is 0 Å². The summed E-state index contributed by atoms with van der Waals surface area (Å²) in [7, 11) is 0. The number of ether oxygens (including phenoxy) is 1. The first-order chi connectivity index (χ1) is 16.1. The lowest BCUT2D eigenvalue weighted by molar-refractivity contribution is -0.136. The zero-order chi connectivity index (χ0) is 23.0. The number of carbonyl (C=O) groups excluding carboxylic acids is 3. The van der Waals surface area contributed by atoms with Gasteiger partial charge < -0.3 is 10.1 Å². The van der Waals surface area contributed by atoms with Crippen LogP contribution in [0.15, 0.2) is 60.7 Å². The molecule has 1 atom stereocenters. The maximum Gasteiger partial charge on any atom is 0.253 e. The zero-order valence-corrected chi connectivity index (χ0v) is 18.4. The molecule has 0 radical (unpaired) electrons. The number of nitrogens with zero attached hydrogens (tertiary/aromatic N) is 1. The minimum absolute atomic E-state index is 0.0307. The van der Waals surface area contributed by atoms with Crippen LogP contribution in [0.5, 0.6) is 0 Å². The fourth-order valence-electron chi connectivity index (χ4n) is 3.98. The molecule has 168 valence electrons. The number of imide groups is 1. The Kier molecular flexibility index (Phi) is 7.33. The second kappa shape index (κ2) is 10.8. The molecule has 1 unspecified atom stereocenters. The van der Waals surface area contributed by atoms with E-state index in [1.54, 1.807) is 0 Å².